The maximum Gasteiger partial charge on any atom is 0.128 e. The van der Waals surface area contributed by atoms with Crippen molar-refractivity contribution in [3.8, 4) is 5.75 Å². The van der Waals surface area contributed by atoms with Crippen molar-refractivity contribution in [1.82, 2.24) is 0 Å². The predicted octanol–water partition coefficient (Wildman–Crippen LogP) is 3.88. The third-order valence-corrected chi connectivity index (χ3v) is 3.80. The molecule has 19 heavy (non-hydrogen) atoms. The van der Waals surface area contributed by atoms with E-state index < -0.39 is 0 Å². The second-order valence-corrected chi connectivity index (χ2v) is 5.40. The molecule has 3 nitrogen and oxygen atoms in total. The van der Waals surface area contributed by atoms with Gasteiger partial charge in [0.1, 0.15) is 5.75 Å². The van der Waals surface area contributed by atoms with Crippen molar-refractivity contribution >= 4 is 17.0 Å². The summed E-state index contributed by atoms with van der Waals surface area (Å²) in [7, 11) is 0. The number of nitrogens with zero attached hydrogens (tertiary/aromatic N) is 1. The molecule has 1 N–H and O–H groups in total. The number of hydrogen-bond donors (Lipinski definition) is 1. The fourth-order valence-corrected chi connectivity index (χ4v) is 2.51. The van der Waals surface area contributed by atoms with Gasteiger partial charge in [0.2, 0.25) is 0 Å². The van der Waals surface area contributed by atoms with E-state index in [4.69, 9.17) is 9.94 Å². The lowest BCUT2D eigenvalue weighted by atomic mass is 10.1. The fourth-order valence-electron chi connectivity index (χ4n) is 1.82. The summed E-state index contributed by atoms with van der Waals surface area (Å²) < 4.78 is 5.80. The molecule has 2 aromatic rings. The smallest absolute Gasteiger partial charge is 0.128 e. The number of thiophene rings is 1. The molecule has 0 saturated heterocycles. The van der Waals surface area contributed by atoms with E-state index in [1.807, 2.05) is 31.2 Å². The van der Waals surface area contributed by atoms with Crippen molar-refractivity contribution in [2.24, 2.45) is 5.16 Å². The molecule has 0 atom stereocenters. The minimum absolute atomic E-state index is 0.565. The molecule has 1 heterocycles. The van der Waals surface area contributed by atoms with E-state index in [2.05, 4.69) is 16.6 Å². The van der Waals surface area contributed by atoms with Crippen LogP contribution in [0.2, 0.25) is 0 Å². The number of oxime groups is 1. The van der Waals surface area contributed by atoms with E-state index in [0.717, 1.165) is 23.3 Å². The quantitative estimate of drug-likeness (QED) is 0.511. The summed E-state index contributed by atoms with van der Waals surface area (Å²) >= 11 is 1.73. The number of benzene rings is 1. The summed E-state index contributed by atoms with van der Waals surface area (Å²) in [5.41, 5.74) is 2.52. The van der Waals surface area contributed by atoms with Gasteiger partial charge in [-0.25, -0.2) is 0 Å². The first-order valence-electron chi connectivity index (χ1n) is 6.15. The zero-order valence-electron chi connectivity index (χ0n) is 11.1. The van der Waals surface area contributed by atoms with Crippen LogP contribution in [-0.4, -0.2) is 17.5 Å². The molecular formula is C15H17NO2S. The average molecular weight is 275 g/mol. The topological polar surface area (TPSA) is 41.8 Å². The highest BCUT2D eigenvalue weighted by Gasteiger charge is 2.08. The molecule has 0 bridgehead atoms. The van der Waals surface area contributed by atoms with Crippen LogP contribution in [0.15, 0.2) is 40.9 Å². The van der Waals surface area contributed by atoms with Crippen molar-refractivity contribution in [2.75, 3.05) is 6.61 Å². The Balaban J connectivity index is 2.07. The predicted molar refractivity (Wildman–Crippen MR) is 78.7 cm³/mol. The van der Waals surface area contributed by atoms with Crippen LogP contribution in [0.3, 0.4) is 0 Å². The molecule has 0 unspecified atom stereocenters. The molecule has 0 radical (unpaired) electrons. The first-order chi connectivity index (χ1) is 9.20. The third kappa shape index (κ3) is 3.58. The zero-order chi connectivity index (χ0) is 13.7. The maximum absolute atomic E-state index is 8.91. The van der Waals surface area contributed by atoms with Crippen molar-refractivity contribution in [2.45, 2.75) is 20.3 Å². The Hall–Kier alpha value is -1.81. The van der Waals surface area contributed by atoms with Gasteiger partial charge in [-0.05, 0) is 37.4 Å². The van der Waals surface area contributed by atoms with Crippen LogP contribution in [0.25, 0.3) is 0 Å². The summed E-state index contributed by atoms with van der Waals surface area (Å²) in [6.07, 6.45) is 0.889. The van der Waals surface area contributed by atoms with Crippen molar-refractivity contribution in [3.05, 3.63) is 51.7 Å². The van der Waals surface area contributed by atoms with Crippen LogP contribution in [0.1, 0.15) is 22.9 Å². The van der Waals surface area contributed by atoms with Crippen LogP contribution in [-0.2, 0) is 6.42 Å². The average Bonchev–Trinajstić information content (AvgIpc) is 2.92. The molecule has 0 aliphatic carbocycles. The maximum atomic E-state index is 8.91. The molecule has 1 aromatic carbocycles. The molecule has 0 aliphatic heterocycles. The van der Waals surface area contributed by atoms with E-state index in [9.17, 15) is 0 Å². The normalized spacial score (nSPS) is 11.6. The molecule has 100 valence electrons. The molecule has 0 saturated carbocycles. The molecule has 0 fully saturated rings. The summed E-state index contributed by atoms with van der Waals surface area (Å²) in [6, 6.07) is 10.0. The summed E-state index contributed by atoms with van der Waals surface area (Å²) in [5, 5.41) is 14.2. The highest BCUT2D eigenvalue weighted by Crippen LogP contribution is 2.21. The Labute approximate surface area is 117 Å². The van der Waals surface area contributed by atoms with Gasteiger partial charge in [-0.3, -0.25) is 0 Å². The molecular weight excluding hydrogens is 258 g/mol. The SMILES string of the molecule is C/C(=N/O)c1cc(C)ccc1OCCc1cccs1. The number of aryl methyl sites for hydroxylation is 1. The number of hydrogen-bond acceptors (Lipinski definition) is 4. The molecule has 4 heteroatoms. The van der Waals surface area contributed by atoms with Gasteiger partial charge < -0.3 is 9.94 Å². The van der Waals surface area contributed by atoms with Gasteiger partial charge in [-0.2, -0.15) is 0 Å². The van der Waals surface area contributed by atoms with Crippen LogP contribution < -0.4 is 4.74 Å². The summed E-state index contributed by atoms with van der Waals surface area (Å²) in [4.78, 5) is 1.31. The van der Waals surface area contributed by atoms with Gasteiger partial charge in [0.15, 0.2) is 0 Å². The Morgan fingerprint density at radius 3 is 2.89 bits per heavy atom. The molecule has 2 rings (SSSR count). The first-order valence-corrected chi connectivity index (χ1v) is 7.03. The number of rotatable bonds is 5. The molecule has 0 spiro atoms. The largest absolute Gasteiger partial charge is 0.493 e. The third-order valence-electron chi connectivity index (χ3n) is 2.86. The van der Waals surface area contributed by atoms with Gasteiger partial charge >= 0.3 is 0 Å². The fraction of sp³-hybridized carbons (Fsp3) is 0.267. The van der Waals surface area contributed by atoms with Gasteiger partial charge in [0.25, 0.3) is 0 Å². The standard InChI is InChI=1S/C15H17NO2S/c1-11-5-6-15(14(10-11)12(2)16-17)18-8-7-13-4-3-9-19-13/h3-6,9-10,17H,7-8H2,1-2H3/b16-12-. The Morgan fingerprint density at radius 2 is 2.21 bits per heavy atom. The zero-order valence-corrected chi connectivity index (χ0v) is 11.9. The second kappa shape index (κ2) is 6.38. The molecule has 0 aliphatic rings. The Kier molecular flexibility index (Phi) is 4.58. The monoisotopic (exact) mass is 275 g/mol. The minimum Gasteiger partial charge on any atom is -0.493 e. The lowest BCUT2D eigenvalue weighted by Gasteiger charge is -2.11. The van der Waals surface area contributed by atoms with Gasteiger partial charge in [0, 0.05) is 16.9 Å². The summed E-state index contributed by atoms with van der Waals surface area (Å²) in [6.45, 7) is 4.39. The number of ether oxygens (including phenoxy) is 1. The lowest BCUT2D eigenvalue weighted by Crippen LogP contribution is -2.05. The van der Waals surface area contributed by atoms with Crippen LogP contribution in [0.4, 0.5) is 0 Å². The highest BCUT2D eigenvalue weighted by atomic mass is 32.1. The van der Waals surface area contributed by atoms with Crippen molar-refractivity contribution in [1.29, 1.82) is 0 Å². The van der Waals surface area contributed by atoms with E-state index in [1.54, 1.807) is 18.3 Å². The van der Waals surface area contributed by atoms with Gasteiger partial charge in [-0.15, -0.1) is 11.3 Å². The van der Waals surface area contributed by atoms with E-state index >= 15 is 0 Å². The van der Waals surface area contributed by atoms with E-state index in [1.165, 1.54) is 4.88 Å². The van der Waals surface area contributed by atoms with E-state index in [0.29, 0.717) is 12.3 Å². The van der Waals surface area contributed by atoms with Crippen LogP contribution >= 0.6 is 11.3 Å². The summed E-state index contributed by atoms with van der Waals surface area (Å²) in [5.74, 6) is 0.762. The minimum atomic E-state index is 0.565. The van der Waals surface area contributed by atoms with E-state index in [-0.39, 0.29) is 0 Å². The molecule has 0 amide bonds. The molecule has 1 aromatic heterocycles. The van der Waals surface area contributed by atoms with Gasteiger partial charge in [0.05, 0.1) is 12.3 Å². The lowest BCUT2D eigenvalue weighted by molar-refractivity contribution is 0.314. The van der Waals surface area contributed by atoms with Gasteiger partial charge in [-0.1, -0.05) is 22.9 Å². The Morgan fingerprint density at radius 1 is 1.37 bits per heavy atom. The van der Waals surface area contributed by atoms with Crippen molar-refractivity contribution < 1.29 is 9.94 Å². The highest BCUT2D eigenvalue weighted by molar-refractivity contribution is 7.09. The van der Waals surface area contributed by atoms with Crippen LogP contribution in [0, 0.1) is 6.92 Å². The Bertz CT molecular complexity index is 562. The first kappa shape index (κ1) is 13.6. The van der Waals surface area contributed by atoms with Crippen LogP contribution in [0.5, 0.6) is 5.75 Å². The second-order valence-electron chi connectivity index (χ2n) is 4.36. The van der Waals surface area contributed by atoms with Crippen molar-refractivity contribution in [3.63, 3.8) is 0 Å².